The Hall–Kier alpha value is -3.12. The first kappa shape index (κ1) is 14.3. The third kappa shape index (κ3) is 2.47. The number of nitrogens with two attached hydrogens (primary N) is 1. The van der Waals surface area contributed by atoms with Gasteiger partial charge in [0, 0.05) is 11.1 Å². The second-order valence-corrected chi connectivity index (χ2v) is 4.06. The van der Waals surface area contributed by atoms with Gasteiger partial charge in [0.05, 0.1) is 6.61 Å². The minimum Gasteiger partial charge on any atom is -0.477 e. The summed E-state index contributed by atoms with van der Waals surface area (Å²) in [6.07, 6.45) is 0. The van der Waals surface area contributed by atoms with Gasteiger partial charge in [-0.3, -0.25) is 0 Å². The molecule has 104 valence electrons. The molecule has 2 rings (SSSR count). The fraction of sp³-hybridized carbons (Fsp3) is 0.133. The minimum atomic E-state index is -0.557. The van der Waals surface area contributed by atoms with Crippen molar-refractivity contribution >= 4 is 5.82 Å². The molecule has 6 heteroatoms. The number of hydrogen-bond acceptors (Lipinski definition) is 5. The van der Waals surface area contributed by atoms with Gasteiger partial charge in [0.2, 0.25) is 5.88 Å². The molecule has 1 aromatic heterocycles. The van der Waals surface area contributed by atoms with Gasteiger partial charge in [0.1, 0.15) is 34.9 Å². The van der Waals surface area contributed by atoms with Crippen molar-refractivity contribution in [2.45, 2.75) is 6.92 Å². The van der Waals surface area contributed by atoms with E-state index in [0.717, 1.165) is 0 Å². The molecule has 0 unspecified atom stereocenters. The van der Waals surface area contributed by atoms with Gasteiger partial charge in [-0.1, -0.05) is 18.2 Å². The van der Waals surface area contributed by atoms with Crippen molar-refractivity contribution in [3.63, 3.8) is 0 Å². The van der Waals surface area contributed by atoms with Gasteiger partial charge in [-0.15, -0.1) is 0 Å². The van der Waals surface area contributed by atoms with Crippen LogP contribution in [-0.2, 0) is 0 Å². The van der Waals surface area contributed by atoms with E-state index >= 15 is 0 Å². The third-order valence-electron chi connectivity index (χ3n) is 2.84. The van der Waals surface area contributed by atoms with Gasteiger partial charge in [-0.25, -0.2) is 4.39 Å². The van der Waals surface area contributed by atoms with E-state index in [1.165, 1.54) is 18.2 Å². The molecule has 0 saturated carbocycles. The van der Waals surface area contributed by atoms with Gasteiger partial charge in [-0.05, 0) is 13.0 Å². The maximum Gasteiger partial charge on any atom is 0.234 e. The molecule has 21 heavy (non-hydrogen) atoms. The van der Waals surface area contributed by atoms with Gasteiger partial charge < -0.3 is 10.5 Å². The van der Waals surface area contributed by atoms with Crippen molar-refractivity contribution in [3.05, 3.63) is 41.2 Å². The van der Waals surface area contributed by atoms with E-state index in [1.807, 2.05) is 12.1 Å². The maximum atomic E-state index is 14.0. The molecule has 0 fully saturated rings. The number of pyridine rings is 1. The van der Waals surface area contributed by atoms with Crippen molar-refractivity contribution in [2.24, 2.45) is 0 Å². The van der Waals surface area contributed by atoms with E-state index in [1.54, 1.807) is 13.0 Å². The van der Waals surface area contributed by atoms with E-state index in [4.69, 9.17) is 10.5 Å². The first-order valence-electron chi connectivity index (χ1n) is 6.15. The molecule has 0 amide bonds. The van der Waals surface area contributed by atoms with E-state index in [2.05, 4.69) is 4.98 Å². The molecule has 0 aliphatic heterocycles. The van der Waals surface area contributed by atoms with E-state index in [-0.39, 0.29) is 40.6 Å². The van der Waals surface area contributed by atoms with Crippen LogP contribution in [0.3, 0.4) is 0 Å². The Kier molecular flexibility index (Phi) is 4.01. The number of anilines is 1. The highest BCUT2D eigenvalue weighted by molar-refractivity contribution is 5.82. The zero-order valence-electron chi connectivity index (χ0n) is 11.2. The highest BCUT2D eigenvalue weighted by Crippen LogP contribution is 2.36. The van der Waals surface area contributed by atoms with Gasteiger partial charge >= 0.3 is 0 Å². The SMILES string of the molecule is CCOc1nc(N)c(C#N)c(-c2ccccc2F)c1C#N. The Morgan fingerprint density at radius 3 is 2.48 bits per heavy atom. The summed E-state index contributed by atoms with van der Waals surface area (Å²) in [6.45, 7) is 1.99. The fourth-order valence-corrected chi connectivity index (χ4v) is 1.97. The maximum absolute atomic E-state index is 14.0. The summed E-state index contributed by atoms with van der Waals surface area (Å²) in [7, 11) is 0. The van der Waals surface area contributed by atoms with Crippen LogP contribution < -0.4 is 10.5 Å². The van der Waals surface area contributed by atoms with Crippen LogP contribution in [-0.4, -0.2) is 11.6 Å². The topological polar surface area (TPSA) is 95.7 Å². The summed E-state index contributed by atoms with van der Waals surface area (Å²) in [4.78, 5) is 3.91. The van der Waals surface area contributed by atoms with Crippen LogP contribution in [0.25, 0.3) is 11.1 Å². The molecular weight excluding hydrogens is 271 g/mol. The van der Waals surface area contributed by atoms with Crippen LogP contribution in [0.1, 0.15) is 18.1 Å². The number of halogens is 1. The van der Waals surface area contributed by atoms with Crippen molar-refractivity contribution in [1.82, 2.24) is 4.98 Å². The van der Waals surface area contributed by atoms with Gasteiger partial charge in [0.25, 0.3) is 0 Å². The number of aromatic nitrogens is 1. The van der Waals surface area contributed by atoms with E-state index in [0.29, 0.717) is 0 Å². The average molecular weight is 282 g/mol. The lowest BCUT2D eigenvalue weighted by Gasteiger charge is -2.13. The van der Waals surface area contributed by atoms with Gasteiger partial charge in [0.15, 0.2) is 0 Å². The summed E-state index contributed by atoms with van der Waals surface area (Å²) < 4.78 is 19.3. The standard InChI is InChI=1S/C15H11FN4O/c1-2-21-15-11(8-18)13(10(7-17)14(19)20-15)9-5-3-4-6-12(9)16/h3-6H,2H2,1H3,(H2,19,20). The molecule has 1 heterocycles. The lowest BCUT2D eigenvalue weighted by Crippen LogP contribution is -2.06. The molecule has 5 nitrogen and oxygen atoms in total. The molecular formula is C15H11FN4O. The van der Waals surface area contributed by atoms with Crippen LogP contribution in [0.15, 0.2) is 24.3 Å². The lowest BCUT2D eigenvalue weighted by atomic mass is 9.96. The van der Waals surface area contributed by atoms with Crippen molar-refractivity contribution in [1.29, 1.82) is 10.5 Å². The smallest absolute Gasteiger partial charge is 0.234 e. The Labute approximate surface area is 121 Å². The number of nitrogen functional groups attached to an aromatic ring is 1. The molecule has 0 aliphatic rings. The summed E-state index contributed by atoms with van der Waals surface area (Å²) in [6, 6.07) is 9.63. The Morgan fingerprint density at radius 1 is 1.24 bits per heavy atom. The summed E-state index contributed by atoms with van der Waals surface area (Å²) in [5.74, 6) is -0.661. The van der Waals surface area contributed by atoms with Gasteiger partial charge in [-0.2, -0.15) is 15.5 Å². The highest BCUT2D eigenvalue weighted by Gasteiger charge is 2.22. The van der Waals surface area contributed by atoms with Crippen LogP contribution >= 0.6 is 0 Å². The first-order valence-corrected chi connectivity index (χ1v) is 6.15. The van der Waals surface area contributed by atoms with Crippen LogP contribution in [0, 0.1) is 28.5 Å². The quantitative estimate of drug-likeness (QED) is 0.933. The third-order valence-corrected chi connectivity index (χ3v) is 2.84. The number of nitrogens with zero attached hydrogens (tertiary/aromatic N) is 3. The summed E-state index contributed by atoms with van der Waals surface area (Å²) in [5, 5.41) is 18.6. The lowest BCUT2D eigenvalue weighted by molar-refractivity contribution is 0.326. The van der Waals surface area contributed by atoms with Crippen LogP contribution in [0.2, 0.25) is 0 Å². The zero-order valence-corrected chi connectivity index (χ0v) is 11.2. The van der Waals surface area contributed by atoms with E-state index < -0.39 is 5.82 Å². The fourth-order valence-electron chi connectivity index (χ4n) is 1.97. The Bertz CT molecular complexity index is 774. The monoisotopic (exact) mass is 282 g/mol. The number of rotatable bonds is 3. The largest absolute Gasteiger partial charge is 0.477 e. The van der Waals surface area contributed by atoms with E-state index in [9.17, 15) is 14.9 Å². The molecule has 0 radical (unpaired) electrons. The van der Waals surface area contributed by atoms with Crippen LogP contribution in [0.4, 0.5) is 10.2 Å². The Balaban J connectivity index is 2.89. The predicted octanol–water partition coefficient (Wildman–Crippen LogP) is 2.61. The number of ether oxygens (including phenoxy) is 1. The van der Waals surface area contributed by atoms with Crippen molar-refractivity contribution in [2.75, 3.05) is 12.3 Å². The average Bonchev–Trinajstić information content (AvgIpc) is 2.47. The normalized spacial score (nSPS) is 9.71. The number of nitriles is 2. The highest BCUT2D eigenvalue weighted by atomic mass is 19.1. The Morgan fingerprint density at radius 2 is 1.90 bits per heavy atom. The number of benzene rings is 1. The first-order chi connectivity index (χ1) is 10.1. The molecule has 0 spiro atoms. The second kappa shape index (κ2) is 5.89. The van der Waals surface area contributed by atoms with Crippen molar-refractivity contribution in [3.8, 4) is 29.1 Å². The molecule has 1 aromatic carbocycles. The minimum absolute atomic E-state index is 0.00486. The summed E-state index contributed by atoms with van der Waals surface area (Å²) in [5.41, 5.74) is 5.90. The van der Waals surface area contributed by atoms with Crippen LogP contribution in [0.5, 0.6) is 5.88 Å². The molecule has 0 atom stereocenters. The molecule has 0 bridgehead atoms. The summed E-state index contributed by atoms with van der Waals surface area (Å²) >= 11 is 0. The molecule has 0 aliphatic carbocycles. The number of hydrogen-bond donors (Lipinski definition) is 1. The zero-order chi connectivity index (χ0) is 15.4. The van der Waals surface area contributed by atoms with Crippen molar-refractivity contribution < 1.29 is 9.13 Å². The molecule has 2 aromatic rings. The predicted molar refractivity (Wildman–Crippen MR) is 74.6 cm³/mol. The second-order valence-electron chi connectivity index (χ2n) is 4.06. The molecule has 0 saturated heterocycles. The molecule has 2 N–H and O–H groups in total.